The minimum absolute atomic E-state index is 0.141. The van der Waals surface area contributed by atoms with E-state index in [1.807, 2.05) is 17.0 Å². The number of anilines is 3. The highest BCUT2D eigenvalue weighted by Gasteiger charge is 2.70. The van der Waals surface area contributed by atoms with Gasteiger partial charge in [0.1, 0.15) is 36.0 Å². The summed E-state index contributed by atoms with van der Waals surface area (Å²) in [4.78, 5) is 17.2. The van der Waals surface area contributed by atoms with Crippen molar-refractivity contribution < 1.29 is 17.6 Å². The van der Waals surface area contributed by atoms with E-state index in [2.05, 4.69) is 21.9 Å². The second kappa shape index (κ2) is 7.26. The highest BCUT2D eigenvalue weighted by Crippen LogP contribution is 2.62. The molecule has 1 spiro atoms. The predicted octanol–water partition coefficient (Wildman–Crippen LogP) is 4.09. The molecule has 0 radical (unpaired) electrons. The first-order chi connectivity index (χ1) is 17.6. The maximum absolute atomic E-state index is 14.8. The molecule has 3 aliphatic heterocycles. The van der Waals surface area contributed by atoms with Crippen LogP contribution in [0.2, 0.25) is 0 Å². The van der Waals surface area contributed by atoms with Gasteiger partial charge in [0.25, 0.3) is 5.92 Å². The number of rotatable bonds is 3. The van der Waals surface area contributed by atoms with Gasteiger partial charge in [-0.15, -0.1) is 0 Å². The van der Waals surface area contributed by atoms with Crippen LogP contribution in [0, 0.1) is 17.6 Å². The average Bonchev–Trinajstić information content (AvgIpc) is 3.12. The van der Waals surface area contributed by atoms with E-state index >= 15 is 0 Å². The Kier molecular flexibility index (Phi) is 4.44. The molecular formula is C25H26F4N8. The highest BCUT2D eigenvalue weighted by molar-refractivity contribution is 5.90. The third-order valence-electron chi connectivity index (χ3n) is 8.46. The van der Waals surface area contributed by atoms with Crippen LogP contribution in [0.15, 0.2) is 41.9 Å². The molecule has 1 aromatic heterocycles. The Morgan fingerprint density at radius 2 is 1.78 bits per heavy atom. The van der Waals surface area contributed by atoms with Crippen molar-refractivity contribution in [1.29, 1.82) is 0 Å². The summed E-state index contributed by atoms with van der Waals surface area (Å²) in [5.74, 6) is -2.89. The maximum atomic E-state index is 14.8. The topological polar surface area (TPSA) is 54.3 Å². The lowest BCUT2D eigenvalue weighted by Crippen LogP contribution is -2.67. The minimum Gasteiger partial charge on any atom is -0.355 e. The quantitative estimate of drug-likeness (QED) is 0.572. The summed E-state index contributed by atoms with van der Waals surface area (Å²) in [6, 6.07) is 3.12. The molecule has 2 aliphatic carbocycles. The van der Waals surface area contributed by atoms with E-state index in [0.717, 1.165) is 12.5 Å². The summed E-state index contributed by atoms with van der Waals surface area (Å²) in [6.07, 6.45) is 6.53. The number of nitrogens with zero attached hydrogens (tertiary/aromatic N) is 8. The molecule has 4 atom stereocenters. The van der Waals surface area contributed by atoms with Crippen molar-refractivity contribution in [2.24, 2.45) is 11.0 Å². The molecule has 2 saturated carbocycles. The number of fused-ring (bicyclic) bond motifs is 4. The number of alkyl halides is 2. The molecule has 2 fully saturated rings. The normalized spacial score (nSPS) is 31.3. The van der Waals surface area contributed by atoms with E-state index in [9.17, 15) is 17.6 Å². The third-order valence-corrected chi connectivity index (χ3v) is 8.46. The lowest BCUT2D eigenvalue weighted by atomic mass is 9.83. The van der Waals surface area contributed by atoms with Crippen LogP contribution < -0.4 is 14.7 Å². The Bertz CT molecular complexity index is 1340. The Morgan fingerprint density at radius 1 is 1.03 bits per heavy atom. The number of benzene rings is 1. The molecule has 7 rings (SSSR count). The average molecular weight is 515 g/mol. The summed E-state index contributed by atoms with van der Waals surface area (Å²) < 4.78 is 56.6. The maximum Gasteiger partial charge on any atom is 0.252 e. The summed E-state index contributed by atoms with van der Waals surface area (Å²) in [6.45, 7) is 2.13. The van der Waals surface area contributed by atoms with E-state index in [4.69, 9.17) is 4.98 Å². The van der Waals surface area contributed by atoms with Crippen LogP contribution in [0.1, 0.15) is 37.9 Å². The van der Waals surface area contributed by atoms with Gasteiger partial charge in [-0.2, -0.15) is 10.1 Å². The fraction of sp³-hybridized carbons (Fsp3) is 0.480. The smallest absolute Gasteiger partial charge is 0.252 e. The van der Waals surface area contributed by atoms with Crippen molar-refractivity contribution in [1.82, 2.24) is 19.9 Å². The Labute approximate surface area is 211 Å². The van der Waals surface area contributed by atoms with E-state index in [1.54, 1.807) is 41.8 Å². The highest BCUT2D eigenvalue weighted by atomic mass is 19.3. The van der Waals surface area contributed by atoms with Gasteiger partial charge in [-0.25, -0.2) is 22.5 Å². The Hall–Kier alpha value is -3.57. The third kappa shape index (κ3) is 3.04. The van der Waals surface area contributed by atoms with Gasteiger partial charge in [0.05, 0.1) is 11.7 Å². The molecule has 1 aromatic carbocycles. The molecule has 2 unspecified atom stereocenters. The lowest BCUT2D eigenvalue weighted by Gasteiger charge is -2.54. The molecule has 194 valence electrons. The van der Waals surface area contributed by atoms with Crippen molar-refractivity contribution >= 4 is 23.8 Å². The lowest BCUT2D eigenvalue weighted by molar-refractivity contribution is -0.0895. The van der Waals surface area contributed by atoms with Crippen LogP contribution in [0.3, 0.4) is 0 Å². The van der Waals surface area contributed by atoms with Gasteiger partial charge in [0, 0.05) is 57.0 Å². The summed E-state index contributed by atoms with van der Waals surface area (Å²) in [7, 11) is 3.68. The standard InChI is InChI=1S/C25H26F4N8/c1-14-9-25(14)22-34(3)31-13-36(22)19-12-30-23(32-20(19)37(25)16-10-24(28,29)11-16)35-7-6-33(2)21(35)17-5-4-15(26)8-18(17)27/h4-8,12-14,16,21-22H,9-11H2,1-3H3/t14-,21?,22?,25-/m0/s1. The molecule has 0 N–H and O–H groups in total. The molecule has 2 aromatic rings. The van der Waals surface area contributed by atoms with Crippen LogP contribution in [0.5, 0.6) is 0 Å². The van der Waals surface area contributed by atoms with E-state index in [-0.39, 0.29) is 36.5 Å². The van der Waals surface area contributed by atoms with E-state index in [0.29, 0.717) is 17.5 Å². The van der Waals surface area contributed by atoms with Crippen LogP contribution in [-0.2, 0) is 0 Å². The first-order valence-corrected chi connectivity index (χ1v) is 12.3. The number of likely N-dealkylation sites (N-methyl/N-ethyl adjacent to an activating group) is 1. The largest absolute Gasteiger partial charge is 0.355 e. The molecule has 5 aliphatic rings. The molecule has 0 bridgehead atoms. The summed E-state index contributed by atoms with van der Waals surface area (Å²) >= 11 is 0. The minimum atomic E-state index is -2.69. The van der Waals surface area contributed by atoms with Gasteiger partial charge in [-0.1, -0.05) is 6.92 Å². The number of hydrazone groups is 1. The van der Waals surface area contributed by atoms with Gasteiger partial charge in [-0.05, 0) is 24.5 Å². The summed E-state index contributed by atoms with van der Waals surface area (Å²) in [5, 5.41) is 6.38. The molecular weight excluding hydrogens is 488 g/mol. The molecule has 4 heterocycles. The second-order valence-corrected chi connectivity index (χ2v) is 10.8. The van der Waals surface area contributed by atoms with Gasteiger partial charge in [0.2, 0.25) is 5.95 Å². The van der Waals surface area contributed by atoms with E-state index < -0.39 is 29.3 Å². The Morgan fingerprint density at radius 3 is 2.46 bits per heavy atom. The zero-order valence-electron chi connectivity index (χ0n) is 20.6. The molecule has 0 amide bonds. The second-order valence-electron chi connectivity index (χ2n) is 10.8. The molecule has 0 saturated heterocycles. The van der Waals surface area contributed by atoms with Crippen LogP contribution >= 0.6 is 0 Å². The number of aromatic nitrogens is 2. The van der Waals surface area contributed by atoms with Gasteiger partial charge in [0.15, 0.2) is 5.82 Å². The van der Waals surface area contributed by atoms with Gasteiger partial charge < -0.3 is 14.7 Å². The van der Waals surface area contributed by atoms with E-state index in [1.165, 1.54) is 12.1 Å². The Balaban J connectivity index is 1.34. The molecule has 37 heavy (non-hydrogen) atoms. The van der Waals surface area contributed by atoms with Crippen LogP contribution in [0.4, 0.5) is 35.0 Å². The van der Waals surface area contributed by atoms with Crippen molar-refractivity contribution in [2.75, 3.05) is 28.8 Å². The first kappa shape index (κ1) is 22.6. The van der Waals surface area contributed by atoms with Gasteiger partial charge in [-0.3, -0.25) is 9.91 Å². The van der Waals surface area contributed by atoms with Crippen LogP contribution in [-0.4, -0.2) is 64.0 Å². The number of halogens is 4. The number of hydrogen-bond donors (Lipinski definition) is 0. The van der Waals surface area contributed by atoms with Crippen molar-refractivity contribution in [2.45, 2.75) is 56.0 Å². The van der Waals surface area contributed by atoms with Gasteiger partial charge >= 0.3 is 0 Å². The van der Waals surface area contributed by atoms with Crippen molar-refractivity contribution in [3.8, 4) is 0 Å². The zero-order valence-corrected chi connectivity index (χ0v) is 20.6. The fourth-order valence-corrected chi connectivity index (χ4v) is 6.61. The monoisotopic (exact) mass is 514 g/mol. The predicted molar refractivity (Wildman–Crippen MR) is 130 cm³/mol. The zero-order chi connectivity index (χ0) is 25.9. The van der Waals surface area contributed by atoms with Crippen molar-refractivity contribution in [3.05, 3.63) is 54.0 Å². The molecule has 8 nitrogen and oxygen atoms in total. The van der Waals surface area contributed by atoms with Crippen LogP contribution in [0.25, 0.3) is 0 Å². The SMILES string of the molecule is C[C@H]1C[C@@]12C1N(C)N=CN1c1cnc(N3C=CN(C)C3c3ccc(F)cc3F)nc1N2C1CC(F)(F)C1. The first-order valence-electron chi connectivity index (χ1n) is 12.3. The number of hydrogen-bond acceptors (Lipinski definition) is 8. The fourth-order valence-electron chi connectivity index (χ4n) is 6.61. The van der Waals surface area contributed by atoms with Crippen molar-refractivity contribution in [3.63, 3.8) is 0 Å². The summed E-state index contributed by atoms with van der Waals surface area (Å²) in [5.41, 5.74) is 0.555. The molecule has 12 heteroatoms.